The van der Waals surface area contributed by atoms with Crippen molar-refractivity contribution in [2.75, 3.05) is 11.5 Å². The SMILES string of the molecule is O=S1(=O)CCC(NS(=O)(=O)c2ccc(Br)cc2Cl)C1. The van der Waals surface area contributed by atoms with Crippen molar-refractivity contribution in [3.05, 3.63) is 27.7 Å². The number of benzene rings is 1. The van der Waals surface area contributed by atoms with Crippen LogP contribution >= 0.6 is 27.5 Å². The van der Waals surface area contributed by atoms with Gasteiger partial charge in [0.2, 0.25) is 10.0 Å². The number of sulfonamides is 1. The Kier molecular flexibility index (Phi) is 4.27. The molecule has 0 aliphatic carbocycles. The van der Waals surface area contributed by atoms with Gasteiger partial charge in [0.25, 0.3) is 0 Å². The molecule has 0 bridgehead atoms. The molecule has 1 fully saturated rings. The van der Waals surface area contributed by atoms with Gasteiger partial charge in [-0.2, -0.15) is 0 Å². The minimum atomic E-state index is -3.81. The van der Waals surface area contributed by atoms with E-state index in [1.165, 1.54) is 12.1 Å². The Balaban J connectivity index is 2.24. The zero-order valence-electron chi connectivity index (χ0n) is 9.64. The van der Waals surface area contributed by atoms with E-state index in [4.69, 9.17) is 11.6 Å². The molecular formula is C10H11BrClNO4S2. The molecule has 0 radical (unpaired) electrons. The highest BCUT2D eigenvalue weighted by Crippen LogP contribution is 2.26. The van der Waals surface area contributed by atoms with Crippen LogP contribution in [0.5, 0.6) is 0 Å². The van der Waals surface area contributed by atoms with Crippen molar-refractivity contribution in [3.8, 4) is 0 Å². The summed E-state index contributed by atoms with van der Waals surface area (Å²) in [6, 6.07) is 3.82. The highest BCUT2D eigenvalue weighted by atomic mass is 79.9. The molecule has 1 heterocycles. The van der Waals surface area contributed by atoms with Gasteiger partial charge in [0.05, 0.1) is 16.5 Å². The molecule has 1 atom stereocenters. The van der Waals surface area contributed by atoms with E-state index in [1.807, 2.05) is 0 Å². The van der Waals surface area contributed by atoms with E-state index in [0.717, 1.165) is 0 Å². The molecule has 1 saturated heterocycles. The third kappa shape index (κ3) is 3.69. The van der Waals surface area contributed by atoms with Crippen LogP contribution in [0.2, 0.25) is 5.02 Å². The predicted molar refractivity (Wildman–Crippen MR) is 76.5 cm³/mol. The van der Waals surface area contributed by atoms with Crippen molar-refractivity contribution >= 4 is 47.4 Å². The molecule has 9 heteroatoms. The lowest BCUT2D eigenvalue weighted by atomic mass is 10.3. The number of hydrogen-bond acceptors (Lipinski definition) is 4. The summed E-state index contributed by atoms with van der Waals surface area (Å²) >= 11 is 9.08. The Bertz CT molecular complexity index is 702. The van der Waals surface area contributed by atoms with Crippen molar-refractivity contribution < 1.29 is 16.8 Å². The molecule has 2 rings (SSSR count). The molecule has 0 amide bonds. The van der Waals surface area contributed by atoms with Gasteiger partial charge < -0.3 is 0 Å². The van der Waals surface area contributed by atoms with Crippen LogP contribution in [0.25, 0.3) is 0 Å². The lowest BCUT2D eigenvalue weighted by Crippen LogP contribution is -2.35. The second-order valence-electron chi connectivity index (χ2n) is 4.30. The van der Waals surface area contributed by atoms with E-state index in [1.54, 1.807) is 6.07 Å². The zero-order valence-corrected chi connectivity index (χ0v) is 13.6. The molecule has 106 valence electrons. The van der Waals surface area contributed by atoms with Gasteiger partial charge in [0.15, 0.2) is 9.84 Å². The molecule has 1 aliphatic rings. The first-order valence-corrected chi connectivity index (χ1v) is 9.85. The van der Waals surface area contributed by atoms with E-state index in [9.17, 15) is 16.8 Å². The van der Waals surface area contributed by atoms with Crippen molar-refractivity contribution in [1.82, 2.24) is 4.72 Å². The van der Waals surface area contributed by atoms with E-state index in [0.29, 0.717) is 4.47 Å². The number of rotatable bonds is 3. The summed E-state index contributed by atoms with van der Waals surface area (Å²) in [5.74, 6) is -0.158. The number of nitrogens with one attached hydrogen (secondary N) is 1. The fourth-order valence-electron chi connectivity index (χ4n) is 1.86. The molecule has 1 aromatic rings. The summed E-state index contributed by atoms with van der Waals surface area (Å²) in [6.45, 7) is 0. The average Bonchev–Trinajstić information content (AvgIpc) is 2.56. The van der Waals surface area contributed by atoms with Crippen LogP contribution in [-0.4, -0.2) is 34.4 Å². The Labute approximate surface area is 125 Å². The molecule has 1 aromatic carbocycles. The molecule has 0 spiro atoms. The molecule has 1 N–H and O–H groups in total. The fraction of sp³-hybridized carbons (Fsp3) is 0.400. The first-order valence-electron chi connectivity index (χ1n) is 5.37. The molecule has 0 aromatic heterocycles. The highest BCUT2D eigenvalue weighted by Gasteiger charge is 2.32. The monoisotopic (exact) mass is 387 g/mol. The summed E-state index contributed by atoms with van der Waals surface area (Å²) in [4.78, 5) is -0.0540. The third-order valence-corrected chi connectivity index (χ3v) is 7.00. The maximum atomic E-state index is 12.1. The van der Waals surface area contributed by atoms with Crippen molar-refractivity contribution in [2.45, 2.75) is 17.4 Å². The van der Waals surface area contributed by atoms with Crippen LogP contribution in [-0.2, 0) is 19.9 Å². The van der Waals surface area contributed by atoms with E-state index in [2.05, 4.69) is 20.7 Å². The second kappa shape index (κ2) is 5.33. The summed E-state index contributed by atoms with van der Waals surface area (Å²) in [6.07, 6.45) is 0.287. The van der Waals surface area contributed by atoms with Gasteiger partial charge in [-0.25, -0.2) is 21.6 Å². The lowest BCUT2D eigenvalue weighted by molar-refractivity contribution is 0.562. The highest BCUT2D eigenvalue weighted by molar-refractivity contribution is 9.10. The van der Waals surface area contributed by atoms with Gasteiger partial charge in [-0.3, -0.25) is 0 Å². The lowest BCUT2D eigenvalue weighted by Gasteiger charge is -2.12. The topological polar surface area (TPSA) is 80.3 Å². The summed E-state index contributed by atoms with van der Waals surface area (Å²) in [5.41, 5.74) is 0. The molecule has 0 saturated carbocycles. The molecule has 5 nitrogen and oxygen atoms in total. The Morgan fingerprint density at radius 1 is 1.37 bits per heavy atom. The van der Waals surface area contributed by atoms with Gasteiger partial charge >= 0.3 is 0 Å². The standard InChI is InChI=1S/C10H11BrClNO4S2/c11-7-1-2-10(9(12)5-7)19(16,17)13-8-3-4-18(14,15)6-8/h1-2,5,8,13H,3-4,6H2. The van der Waals surface area contributed by atoms with Gasteiger partial charge in [0, 0.05) is 10.5 Å². The minimum absolute atomic E-state index is 0.00819. The van der Waals surface area contributed by atoms with E-state index < -0.39 is 25.9 Å². The van der Waals surface area contributed by atoms with E-state index in [-0.39, 0.29) is 27.8 Å². The van der Waals surface area contributed by atoms with Crippen LogP contribution in [0.3, 0.4) is 0 Å². The van der Waals surface area contributed by atoms with Gasteiger partial charge in [-0.1, -0.05) is 27.5 Å². The first kappa shape index (κ1) is 15.2. The Morgan fingerprint density at radius 3 is 2.58 bits per heavy atom. The summed E-state index contributed by atoms with van der Waals surface area (Å²) in [7, 11) is -6.94. The minimum Gasteiger partial charge on any atom is -0.229 e. The zero-order chi connectivity index (χ0) is 14.3. The van der Waals surface area contributed by atoms with Crippen molar-refractivity contribution in [2.24, 2.45) is 0 Å². The Hall–Kier alpha value is -0.150. The van der Waals surface area contributed by atoms with Crippen LogP contribution < -0.4 is 4.72 Å². The number of hydrogen-bond donors (Lipinski definition) is 1. The van der Waals surface area contributed by atoms with Crippen molar-refractivity contribution in [3.63, 3.8) is 0 Å². The van der Waals surface area contributed by atoms with Crippen molar-refractivity contribution in [1.29, 1.82) is 0 Å². The first-order chi connectivity index (χ1) is 8.70. The molecular weight excluding hydrogens is 378 g/mol. The molecule has 1 unspecified atom stereocenters. The number of halogens is 2. The van der Waals surface area contributed by atoms with Gasteiger partial charge in [0.1, 0.15) is 4.90 Å². The van der Waals surface area contributed by atoms with Crippen LogP contribution in [0.15, 0.2) is 27.6 Å². The van der Waals surface area contributed by atoms with Gasteiger partial charge in [-0.05, 0) is 24.6 Å². The van der Waals surface area contributed by atoms with Crippen LogP contribution in [0.4, 0.5) is 0 Å². The molecule has 1 aliphatic heterocycles. The normalized spacial score (nSPS) is 22.5. The van der Waals surface area contributed by atoms with Gasteiger partial charge in [-0.15, -0.1) is 0 Å². The number of sulfone groups is 1. The maximum Gasteiger partial charge on any atom is 0.242 e. The largest absolute Gasteiger partial charge is 0.242 e. The third-order valence-electron chi connectivity index (χ3n) is 2.74. The quantitative estimate of drug-likeness (QED) is 0.852. The predicted octanol–water partition coefficient (Wildman–Crippen LogP) is 1.57. The smallest absolute Gasteiger partial charge is 0.229 e. The van der Waals surface area contributed by atoms with Crippen LogP contribution in [0, 0.1) is 0 Å². The second-order valence-corrected chi connectivity index (χ2v) is 9.53. The Morgan fingerprint density at radius 2 is 2.05 bits per heavy atom. The average molecular weight is 389 g/mol. The van der Waals surface area contributed by atoms with Crippen LogP contribution in [0.1, 0.15) is 6.42 Å². The molecule has 19 heavy (non-hydrogen) atoms. The summed E-state index contributed by atoms with van der Waals surface area (Å²) < 4.78 is 49.9. The van der Waals surface area contributed by atoms with E-state index >= 15 is 0 Å². The maximum absolute atomic E-state index is 12.1. The fourth-order valence-corrected chi connectivity index (χ4v) is 5.95. The summed E-state index contributed by atoms with van der Waals surface area (Å²) in [5, 5.41) is 0.0859.